The predicted molar refractivity (Wildman–Crippen MR) is 130 cm³/mol. The summed E-state index contributed by atoms with van der Waals surface area (Å²) >= 11 is 1.55. The molecule has 2 aliphatic heterocycles. The number of carbonyl (C=O) groups excluding carboxylic acids is 2. The van der Waals surface area contributed by atoms with Gasteiger partial charge in [0, 0.05) is 23.5 Å². The summed E-state index contributed by atoms with van der Waals surface area (Å²) in [5.41, 5.74) is 5.72. The van der Waals surface area contributed by atoms with Gasteiger partial charge in [0.2, 0.25) is 0 Å². The van der Waals surface area contributed by atoms with E-state index in [-0.39, 0.29) is 11.9 Å². The first kappa shape index (κ1) is 20.6. The number of aryl methyl sites for hydroxylation is 2. The van der Waals surface area contributed by atoms with Crippen LogP contribution in [0.5, 0.6) is 0 Å². The summed E-state index contributed by atoms with van der Waals surface area (Å²) in [7, 11) is 0. The fourth-order valence-corrected chi connectivity index (χ4v) is 6.02. The Kier molecular flexibility index (Phi) is 5.18. The maximum absolute atomic E-state index is 14.0. The van der Waals surface area contributed by atoms with Crippen molar-refractivity contribution in [3.63, 3.8) is 0 Å². The van der Waals surface area contributed by atoms with Gasteiger partial charge in [-0.3, -0.25) is 9.69 Å². The first-order valence-electron chi connectivity index (χ1n) is 10.8. The predicted octanol–water partition coefficient (Wildman–Crippen LogP) is 5.28. The van der Waals surface area contributed by atoms with Gasteiger partial charge >= 0.3 is 6.03 Å². The molecule has 2 heterocycles. The van der Waals surface area contributed by atoms with Gasteiger partial charge in [-0.25, -0.2) is 4.79 Å². The van der Waals surface area contributed by atoms with Crippen molar-refractivity contribution in [1.29, 1.82) is 0 Å². The highest BCUT2D eigenvalue weighted by molar-refractivity contribution is 8.01. The SMILES string of the molecule is Cc1cccc(NC(=O)N2CCS[C@]23C(=O)N(Cc2ccccc2)c2ccc(C)cc23)c1. The van der Waals surface area contributed by atoms with Crippen LogP contribution < -0.4 is 10.2 Å². The second kappa shape index (κ2) is 8.02. The first-order valence-corrected chi connectivity index (χ1v) is 11.7. The molecule has 2 aliphatic rings. The number of hydrogen-bond donors (Lipinski definition) is 1. The monoisotopic (exact) mass is 443 g/mol. The van der Waals surface area contributed by atoms with Crippen LogP contribution in [0, 0.1) is 13.8 Å². The Bertz CT molecular complexity index is 1200. The number of nitrogens with zero attached hydrogens (tertiary/aromatic N) is 2. The third-order valence-electron chi connectivity index (χ3n) is 6.05. The number of nitrogens with one attached hydrogen (secondary N) is 1. The zero-order valence-corrected chi connectivity index (χ0v) is 19.0. The van der Waals surface area contributed by atoms with Crippen LogP contribution >= 0.6 is 11.8 Å². The number of amides is 3. The Morgan fingerprint density at radius 1 is 1.00 bits per heavy atom. The second-order valence-corrected chi connectivity index (χ2v) is 9.63. The van der Waals surface area contributed by atoms with E-state index in [0.29, 0.717) is 18.8 Å². The molecule has 5 rings (SSSR count). The lowest BCUT2D eigenvalue weighted by Gasteiger charge is -2.33. The van der Waals surface area contributed by atoms with Crippen molar-refractivity contribution in [2.45, 2.75) is 25.3 Å². The van der Waals surface area contributed by atoms with Crippen LogP contribution in [0.15, 0.2) is 72.8 Å². The van der Waals surface area contributed by atoms with E-state index in [1.54, 1.807) is 16.7 Å². The van der Waals surface area contributed by atoms with Crippen molar-refractivity contribution >= 4 is 35.1 Å². The molecule has 3 aromatic rings. The van der Waals surface area contributed by atoms with Crippen LogP contribution in [0.4, 0.5) is 16.2 Å². The Morgan fingerprint density at radius 3 is 2.56 bits per heavy atom. The van der Waals surface area contributed by atoms with Crippen LogP contribution in [0.2, 0.25) is 0 Å². The quantitative estimate of drug-likeness (QED) is 0.599. The Hall–Kier alpha value is -3.25. The van der Waals surface area contributed by atoms with Gasteiger partial charge in [-0.2, -0.15) is 0 Å². The van der Waals surface area contributed by atoms with Gasteiger partial charge in [0.15, 0.2) is 4.87 Å². The fourth-order valence-electron chi connectivity index (χ4n) is 4.57. The van der Waals surface area contributed by atoms with E-state index >= 15 is 0 Å². The molecule has 6 heteroatoms. The van der Waals surface area contributed by atoms with E-state index < -0.39 is 4.87 Å². The molecule has 1 N–H and O–H groups in total. The van der Waals surface area contributed by atoms with E-state index in [1.165, 1.54) is 0 Å². The van der Waals surface area contributed by atoms with Gasteiger partial charge in [-0.05, 0) is 43.2 Å². The van der Waals surface area contributed by atoms with E-state index in [4.69, 9.17) is 0 Å². The first-order chi connectivity index (χ1) is 15.5. The standard InChI is InChI=1S/C26H25N3O2S/c1-18-7-6-10-21(15-18)27-25(31)29-13-14-32-26(29)22-16-19(2)11-12-23(22)28(24(26)30)17-20-8-4-3-5-9-20/h3-12,15-16H,13-14,17H2,1-2H3,(H,27,31)/t26-/m1/s1. The van der Waals surface area contributed by atoms with Gasteiger partial charge in [-0.1, -0.05) is 60.2 Å². The molecular formula is C26H25N3O2S. The second-order valence-electron chi connectivity index (χ2n) is 8.34. The maximum atomic E-state index is 14.0. The number of urea groups is 1. The summed E-state index contributed by atoms with van der Waals surface area (Å²) in [6.45, 7) is 5.00. The smallest absolute Gasteiger partial charge is 0.308 e. The largest absolute Gasteiger partial charge is 0.323 e. The summed E-state index contributed by atoms with van der Waals surface area (Å²) in [4.78, 5) is 29.9. The van der Waals surface area contributed by atoms with E-state index in [2.05, 4.69) is 11.4 Å². The molecule has 0 aliphatic carbocycles. The molecule has 32 heavy (non-hydrogen) atoms. The van der Waals surface area contributed by atoms with Crippen molar-refractivity contribution in [3.8, 4) is 0 Å². The van der Waals surface area contributed by atoms with Crippen molar-refractivity contribution in [2.24, 2.45) is 0 Å². The molecule has 0 aromatic heterocycles. The molecule has 5 nitrogen and oxygen atoms in total. The Labute approximate surface area is 192 Å². The van der Waals surface area contributed by atoms with E-state index in [1.807, 2.05) is 85.5 Å². The van der Waals surface area contributed by atoms with Crippen LogP contribution in [0.25, 0.3) is 0 Å². The van der Waals surface area contributed by atoms with Crippen molar-refractivity contribution in [3.05, 3.63) is 95.1 Å². The van der Waals surface area contributed by atoms with Gasteiger partial charge in [0.25, 0.3) is 5.91 Å². The zero-order chi connectivity index (χ0) is 22.3. The molecule has 0 saturated carbocycles. The van der Waals surface area contributed by atoms with Crippen LogP contribution in [-0.4, -0.2) is 29.1 Å². The summed E-state index contributed by atoms with van der Waals surface area (Å²) in [6, 6.07) is 23.5. The highest BCUT2D eigenvalue weighted by Gasteiger charge is 2.59. The van der Waals surface area contributed by atoms with E-state index in [0.717, 1.165) is 33.6 Å². The number of fused-ring (bicyclic) bond motifs is 2. The lowest BCUT2D eigenvalue weighted by molar-refractivity contribution is -0.123. The Balaban J connectivity index is 1.54. The topological polar surface area (TPSA) is 52.7 Å². The maximum Gasteiger partial charge on any atom is 0.323 e. The minimum atomic E-state index is -1.04. The molecule has 0 unspecified atom stereocenters. The number of rotatable bonds is 3. The third kappa shape index (κ3) is 3.35. The minimum absolute atomic E-state index is 0.0520. The van der Waals surface area contributed by atoms with Crippen LogP contribution in [0.3, 0.4) is 0 Å². The van der Waals surface area contributed by atoms with Crippen molar-refractivity contribution in [2.75, 3.05) is 22.5 Å². The van der Waals surface area contributed by atoms with Gasteiger partial charge in [0.05, 0.1) is 12.2 Å². The zero-order valence-electron chi connectivity index (χ0n) is 18.2. The van der Waals surface area contributed by atoms with Gasteiger partial charge in [0.1, 0.15) is 0 Å². The average molecular weight is 444 g/mol. The molecule has 3 amide bonds. The summed E-state index contributed by atoms with van der Waals surface area (Å²) < 4.78 is 0. The van der Waals surface area contributed by atoms with Crippen LogP contribution in [-0.2, 0) is 16.2 Å². The molecule has 1 fully saturated rings. The average Bonchev–Trinajstić information content (AvgIpc) is 3.32. The molecule has 0 radical (unpaired) electrons. The fraction of sp³-hybridized carbons (Fsp3) is 0.231. The minimum Gasteiger partial charge on any atom is -0.308 e. The summed E-state index contributed by atoms with van der Waals surface area (Å²) in [6.07, 6.45) is 0. The van der Waals surface area contributed by atoms with Crippen LogP contribution in [0.1, 0.15) is 22.3 Å². The number of carbonyl (C=O) groups is 2. The lowest BCUT2D eigenvalue weighted by atomic mass is 10.0. The van der Waals surface area contributed by atoms with E-state index in [9.17, 15) is 9.59 Å². The number of benzene rings is 3. The molecular weight excluding hydrogens is 418 g/mol. The number of anilines is 2. The highest BCUT2D eigenvalue weighted by atomic mass is 32.2. The van der Waals surface area contributed by atoms with Gasteiger partial charge < -0.3 is 10.2 Å². The summed E-state index contributed by atoms with van der Waals surface area (Å²) in [5, 5.41) is 3.01. The van der Waals surface area contributed by atoms with Crippen molar-refractivity contribution < 1.29 is 9.59 Å². The Morgan fingerprint density at radius 2 is 1.78 bits per heavy atom. The molecule has 1 spiro atoms. The summed E-state index contributed by atoms with van der Waals surface area (Å²) in [5.74, 6) is 0.656. The lowest BCUT2D eigenvalue weighted by Crippen LogP contribution is -2.51. The number of hydrogen-bond acceptors (Lipinski definition) is 3. The highest BCUT2D eigenvalue weighted by Crippen LogP contribution is 2.54. The molecule has 1 saturated heterocycles. The van der Waals surface area contributed by atoms with Crippen molar-refractivity contribution in [1.82, 2.24) is 4.90 Å². The molecule has 162 valence electrons. The number of thioether (sulfide) groups is 1. The van der Waals surface area contributed by atoms with Gasteiger partial charge in [-0.15, -0.1) is 11.8 Å². The molecule has 3 aromatic carbocycles. The molecule has 1 atom stereocenters. The third-order valence-corrected chi connectivity index (χ3v) is 7.47. The molecule has 0 bridgehead atoms. The normalized spacial score (nSPS) is 19.5.